The Labute approximate surface area is 91.6 Å². The van der Waals surface area contributed by atoms with Crippen molar-refractivity contribution in [1.82, 2.24) is 5.32 Å². The van der Waals surface area contributed by atoms with Gasteiger partial charge in [0, 0.05) is 12.6 Å². The maximum Gasteiger partial charge on any atom is 0.0871 e. The zero-order valence-corrected chi connectivity index (χ0v) is 9.35. The van der Waals surface area contributed by atoms with Gasteiger partial charge in [0.25, 0.3) is 0 Å². The van der Waals surface area contributed by atoms with Crippen molar-refractivity contribution in [3.8, 4) is 0 Å². The van der Waals surface area contributed by atoms with Crippen LogP contribution in [0.4, 0.5) is 0 Å². The Morgan fingerprint density at radius 3 is 2.60 bits per heavy atom. The van der Waals surface area contributed by atoms with Crippen LogP contribution in [0.5, 0.6) is 0 Å². The van der Waals surface area contributed by atoms with E-state index in [2.05, 4.69) is 17.4 Å². The maximum atomic E-state index is 9.65. The number of benzene rings is 1. The highest BCUT2D eigenvalue weighted by molar-refractivity contribution is 5.14. The van der Waals surface area contributed by atoms with Crippen LogP contribution < -0.4 is 5.32 Å². The first-order chi connectivity index (χ1) is 7.24. The Bertz CT molecular complexity index is 295. The molecule has 0 saturated carbocycles. The molecule has 0 aliphatic heterocycles. The van der Waals surface area contributed by atoms with E-state index in [-0.39, 0.29) is 6.04 Å². The van der Waals surface area contributed by atoms with Gasteiger partial charge in [-0.15, -0.1) is 0 Å². The third-order valence-corrected chi connectivity index (χ3v) is 2.37. The van der Waals surface area contributed by atoms with Crippen LogP contribution in [0.15, 0.2) is 42.5 Å². The minimum absolute atomic E-state index is 0.0707. The molecule has 2 atom stereocenters. The monoisotopic (exact) mass is 205 g/mol. The van der Waals surface area contributed by atoms with Crippen LogP contribution in [-0.2, 0) is 6.54 Å². The number of aliphatic hydroxyl groups excluding tert-OH is 1. The van der Waals surface area contributed by atoms with Crippen molar-refractivity contribution >= 4 is 0 Å². The van der Waals surface area contributed by atoms with Crippen LogP contribution in [0.25, 0.3) is 0 Å². The summed E-state index contributed by atoms with van der Waals surface area (Å²) in [5, 5.41) is 12.9. The molecule has 0 amide bonds. The molecule has 0 bridgehead atoms. The molecule has 15 heavy (non-hydrogen) atoms. The van der Waals surface area contributed by atoms with E-state index in [1.54, 1.807) is 6.08 Å². The minimum atomic E-state index is -0.418. The fourth-order valence-electron chi connectivity index (χ4n) is 1.36. The van der Waals surface area contributed by atoms with Crippen molar-refractivity contribution < 1.29 is 5.11 Å². The predicted molar refractivity (Wildman–Crippen MR) is 63.6 cm³/mol. The van der Waals surface area contributed by atoms with Gasteiger partial charge in [-0.2, -0.15) is 0 Å². The van der Waals surface area contributed by atoms with Crippen LogP contribution in [-0.4, -0.2) is 17.3 Å². The number of allylic oxidation sites excluding steroid dienone is 1. The van der Waals surface area contributed by atoms with Crippen molar-refractivity contribution in [3.63, 3.8) is 0 Å². The first-order valence-corrected chi connectivity index (χ1v) is 5.32. The lowest BCUT2D eigenvalue weighted by Gasteiger charge is -2.17. The molecule has 1 aromatic carbocycles. The van der Waals surface area contributed by atoms with E-state index < -0.39 is 6.10 Å². The molecular formula is C13H19NO. The molecule has 0 spiro atoms. The summed E-state index contributed by atoms with van der Waals surface area (Å²) in [6, 6.07) is 10.3. The quantitative estimate of drug-likeness (QED) is 0.721. The van der Waals surface area contributed by atoms with Crippen molar-refractivity contribution in [3.05, 3.63) is 48.0 Å². The molecule has 2 heteroatoms. The zero-order chi connectivity index (χ0) is 11.1. The summed E-state index contributed by atoms with van der Waals surface area (Å²) in [5.74, 6) is 0. The molecule has 0 aliphatic carbocycles. The number of aliphatic hydroxyl groups is 1. The summed E-state index contributed by atoms with van der Waals surface area (Å²) >= 11 is 0. The van der Waals surface area contributed by atoms with Gasteiger partial charge in [0.1, 0.15) is 0 Å². The van der Waals surface area contributed by atoms with E-state index in [4.69, 9.17) is 0 Å². The Hall–Kier alpha value is -1.12. The van der Waals surface area contributed by atoms with Gasteiger partial charge in [-0.3, -0.25) is 0 Å². The van der Waals surface area contributed by atoms with Crippen molar-refractivity contribution in [2.75, 3.05) is 0 Å². The largest absolute Gasteiger partial charge is 0.387 e. The van der Waals surface area contributed by atoms with E-state index in [9.17, 15) is 5.11 Å². The van der Waals surface area contributed by atoms with Crippen LogP contribution in [0.1, 0.15) is 19.4 Å². The Balaban J connectivity index is 2.37. The lowest BCUT2D eigenvalue weighted by atomic mass is 10.1. The van der Waals surface area contributed by atoms with E-state index in [1.165, 1.54) is 5.56 Å². The second kappa shape index (κ2) is 6.38. The summed E-state index contributed by atoms with van der Waals surface area (Å²) < 4.78 is 0. The summed E-state index contributed by atoms with van der Waals surface area (Å²) in [4.78, 5) is 0. The first kappa shape index (κ1) is 12.0. The SMILES string of the molecule is C/C=C/[C@@H](O)[C@H](C)NCc1ccccc1. The smallest absolute Gasteiger partial charge is 0.0871 e. The number of hydrogen-bond donors (Lipinski definition) is 2. The Kier molecular flexibility index (Phi) is 5.08. The molecule has 0 unspecified atom stereocenters. The highest BCUT2D eigenvalue weighted by Gasteiger charge is 2.09. The molecule has 1 aromatic rings. The zero-order valence-electron chi connectivity index (χ0n) is 9.35. The van der Waals surface area contributed by atoms with Gasteiger partial charge in [-0.25, -0.2) is 0 Å². The van der Waals surface area contributed by atoms with E-state index in [1.807, 2.05) is 38.1 Å². The summed E-state index contributed by atoms with van der Waals surface area (Å²) in [5.41, 5.74) is 1.23. The fourth-order valence-corrected chi connectivity index (χ4v) is 1.36. The third kappa shape index (κ3) is 4.28. The van der Waals surface area contributed by atoms with Crippen molar-refractivity contribution in [2.24, 2.45) is 0 Å². The summed E-state index contributed by atoms with van der Waals surface area (Å²) in [6.45, 7) is 4.68. The summed E-state index contributed by atoms with van der Waals surface area (Å²) in [6.07, 6.45) is 3.24. The molecule has 0 fully saturated rings. The van der Waals surface area contributed by atoms with E-state index in [0.29, 0.717) is 0 Å². The highest BCUT2D eigenvalue weighted by atomic mass is 16.3. The topological polar surface area (TPSA) is 32.3 Å². The number of nitrogens with one attached hydrogen (secondary N) is 1. The highest BCUT2D eigenvalue weighted by Crippen LogP contribution is 2.00. The van der Waals surface area contributed by atoms with Gasteiger partial charge in [0.05, 0.1) is 6.10 Å². The molecule has 1 rings (SSSR count). The average Bonchev–Trinajstić information content (AvgIpc) is 2.27. The lowest BCUT2D eigenvalue weighted by Crippen LogP contribution is -2.35. The predicted octanol–water partition coefficient (Wildman–Crippen LogP) is 2.10. The number of hydrogen-bond acceptors (Lipinski definition) is 2. The van der Waals surface area contributed by atoms with Crippen LogP contribution >= 0.6 is 0 Å². The molecule has 2 nitrogen and oxygen atoms in total. The molecular weight excluding hydrogens is 186 g/mol. The van der Waals surface area contributed by atoms with Gasteiger partial charge >= 0.3 is 0 Å². The molecule has 0 radical (unpaired) electrons. The van der Waals surface area contributed by atoms with Crippen LogP contribution in [0, 0.1) is 0 Å². The minimum Gasteiger partial charge on any atom is -0.387 e. The Morgan fingerprint density at radius 1 is 1.33 bits per heavy atom. The molecule has 0 saturated heterocycles. The molecule has 0 aliphatic rings. The summed E-state index contributed by atoms with van der Waals surface area (Å²) in [7, 11) is 0. The normalized spacial score (nSPS) is 15.4. The van der Waals surface area contributed by atoms with E-state index in [0.717, 1.165) is 6.54 Å². The maximum absolute atomic E-state index is 9.65. The van der Waals surface area contributed by atoms with E-state index >= 15 is 0 Å². The van der Waals surface area contributed by atoms with Gasteiger partial charge in [-0.05, 0) is 19.4 Å². The first-order valence-electron chi connectivity index (χ1n) is 5.32. The second-order valence-corrected chi connectivity index (χ2v) is 3.67. The van der Waals surface area contributed by atoms with Crippen molar-refractivity contribution in [2.45, 2.75) is 32.5 Å². The Morgan fingerprint density at radius 2 is 2.00 bits per heavy atom. The van der Waals surface area contributed by atoms with Crippen LogP contribution in [0.3, 0.4) is 0 Å². The molecule has 2 N–H and O–H groups in total. The average molecular weight is 205 g/mol. The standard InChI is InChI=1S/C13H19NO/c1-3-7-13(15)11(2)14-10-12-8-5-4-6-9-12/h3-9,11,13-15H,10H2,1-2H3/b7-3+/t11-,13+/m0/s1. The third-order valence-electron chi connectivity index (χ3n) is 2.37. The molecule has 82 valence electrons. The molecule has 0 heterocycles. The fraction of sp³-hybridized carbons (Fsp3) is 0.385. The van der Waals surface area contributed by atoms with Crippen molar-refractivity contribution in [1.29, 1.82) is 0 Å². The van der Waals surface area contributed by atoms with Gasteiger partial charge in [0.15, 0.2) is 0 Å². The van der Waals surface area contributed by atoms with Gasteiger partial charge < -0.3 is 10.4 Å². The van der Waals surface area contributed by atoms with Crippen LogP contribution in [0.2, 0.25) is 0 Å². The van der Waals surface area contributed by atoms with Gasteiger partial charge in [0.2, 0.25) is 0 Å². The second-order valence-electron chi connectivity index (χ2n) is 3.67. The van der Waals surface area contributed by atoms with Gasteiger partial charge in [-0.1, -0.05) is 42.5 Å². The lowest BCUT2D eigenvalue weighted by molar-refractivity contribution is 0.178. The number of rotatable bonds is 5. The molecule has 0 aromatic heterocycles.